The maximum atomic E-state index is 5.25. The molecule has 0 radical (unpaired) electrons. The summed E-state index contributed by atoms with van der Waals surface area (Å²) in [6.07, 6.45) is 4.29. The number of nitrogens with one attached hydrogen (secondary N) is 1. The van der Waals surface area contributed by atoms with Gasteiger partial charge >= 0.3 is 0 Å². The highest BCUT2D eigenvalue weighted by atomic mass is 16.3. The predicted octanol–water partition coefficient (Wildman–Crippen LogP) is 2.31. The molecular weight excluding hydrogens is 176 g/mol. The van der Waals surface area contributed by atoms with Gasteiger partial charge in [-0.3, -0.25) is 0 Å². The first-order valence-electron chi connectivity index (χ1n) is 4.69. The van der Waals surface area contributed by atoms with E-state index in [1.807, 2.05) is 0 Å². The van der Waals surface area contributed by atoms with Gasteiger partial charge in [0.05, 0.1) is 6.20 Å². The van der Waals surface area contributed by atoms with E-state index in [-0.39, 0.29) is 0 Å². The molecule has 0 atom stereocenters. The summed E-state index contributed by atoms with van der Waals surface area (Å²) < 4.78 is 5.25. The Kier molecular flexibility index (Phi) is 1.56. The van der Waals surface area contributed by atoms with Crippen molar-refractivity contribution in [3.63, 3.8) is 0 Å². The summed E-state index contributed by atoms with van der Waals surface area (Å²) in [6.45, 7) is 1.04. The lowest BCUT2D eigenvalue weighted by Gasteiger charge is -2.01. The third-order valence-corrected chi connectivity index (χ3v) is 2.53. The maximum absolute atomic E-state index is 5.25. The van der Waals surface area contributed by atoms with Crippen molar-refractivity contribution in [3.05, 3.63) is 36.4 Å². The van der Waals surface area contributed by atoms with Crippen LogP contribution in [-0.4, -0.2) is 11.5 Å². The summed E-state index contributed by atoms with van der Waals surface area (Å²) >= 11 is 0. The van der Waals surface area contributed by atoms with Crippen molar-refractivity contribution in [2.24, 2.45) is 0 Å². The normalized spacial score (nSPS) is 13.7. The van der Waals surface area contributed by atoms with Gasteiger partial charge in [-0.05, 0) is 30.2 Å². The third kappa shape index (κ3) is 1.09. The summed E-state index contributed by atoms with van der Waals surface area (Å²) in [7, 11) is 0. The molecule has 0 aliphatic carbocycles. The van der Waals surface area contributed by atoms with E-state index in [1.165, 1.54) is 17.6 Å². The largest absolute Gasteiger partial charge is 0.444 e. The molecule has 0 saturated heterocycles. The molecule has 2 heterocycles. The van der Waals surface area contributed by atoms with Gasteiger partial charge in [0.1, 0.15) is 0 Å². The second-order valence-electron chi connectivity index (χ2n) is 3.41. The quantitative estimate of drug-likeness (QED) is 0.742. The smallest absolute Gasteiger partial charge is 0.181 e. The summed E-state index contributed by atoms with van der Waals surface area (Å²) in [5.74, 6) is 0.833. The van der Waals surface area contributed by atoms with Gasteiger partial charge in [0.15, 0.2) is 12.2 Å². The summed E-state index contributed by atoms with van der Waals surface area (Å²) in [4.78, 5) is 3.91. The number of anilines is 1. The van der Waals surface area contributed by atoms with Crippen LogP contribution in [0.1, 0.15) is 5.56 Å². The van der Waals surface area contributed by atoms with E-state index in [4.69, 9.17) is 4.42 Å². The maximum Gasteiger partial charge on any atom is 0.181 e. The summed E-state index contributed by atoms with van der Waals surface area (Å²) in [5.41, 5.74) is 3.71. The SMILES string of the molecule is c1ncc(-c2ccc3c(c2)CCN3)o1. The Labute approximate surface area is 81.8 Å². The van der Waals surface area contributed by atoms with Gasteiger partial charge in [-0.1, -0.05) is 0 Å². The lowest BCUT2D eigenvalue weighted by atomic mass is 10.1. The number of nitrogens with zero attached hydrogens (tertiary/aromatic N) is 1. The third-order valence-electron chi connectivity index (χ3n) is 2.53. The van der Waals surface area contributed by atoms with Gasteiger partial charge in [-0.25, -0.2) is 4.98 Å². The van der Waals surface area contributed by atoms with Crippen molar-refractivity contribution in [3.8, 4) is 11.3 Å². The van der Waals surface area contributed by atoms with Gasteiger partial charge in [0, 0.05) is 17.8 Å². The molecule has 0 saturated carbocycles. The van der Waals surface area contributed by atoms with Gasteiger partial charge in [-0.15, -0.1) is 0 Å². The fourth-order valence-corrected chi connectivity index (χ4v) is 1.82. The Hall–Kier alpha value is -1.77. The zero-order valence-electron chi connectivity index (χ0n) is 7.66. The molecule has 2 aromatic rings. The second kappa shape index (κ2) is 2.87. The molecule has 1 aromatic carbocycles. The van der Waals surface area contributed by atoms with E-state index in [2.05, 4.69) is 28.5 Å². The van der Waals surface area contributed by atoms with Crippen molar-refractivity contribution in [1.82, 2.24) is 4.98 Å². The molecule has 3 nitrogen and oxygen atoms in total. The average molecular weight is 186 g/mol. The van der Waals surface area contributed by atoms with Crippen LogP contribution in [0.25, 0.3) is 11.3 Å². The van der Waals surface area contributed by atoms with Crippen molar-refractivity contribution in [2.75, 3.05) is 11.9 Å². The van der Waals surface area contributed by atoms with Crippen LogP contribution in [0.5, 0.6) is 0 Å². The highest BCUT2D eigenvalue weighted by molar-refractivity contribution is 5.66. The molecule has 1 aliphatic heterocycles. The number of oxazole rings is 1. The van der Waals surface area contributed by atoms with E-state index in [9.17, 15) is 0 Å². The Balaban J connectivity index is 2.09. The Morgan fingerprint density at radius 1 is 1.36 bits per heavy atom. The highest BCUT2D eigenvalue weighted by Crippen LogP contribution is 2.28. The average Bonchev–Trinajstić information content (AvgIpc) is 2.88. The van der Waals surface area contributed by atoms with Gasteiger partial charge < -0.3 is 9.73 Å². The molecule has 3 heteroatoms. The van der Waals surface area contributed by atoms with Gasteiger partial charge in [0.2, 0.25) is 0 Å². The summed E-state index contributed by atoms with van der Waals surface area (Å²) in [5, 5.41) is 3.33. The Bertz CT molecular complexity index is 448. The lowest BCUT2D eigenvalue weighted by molar-refractivity contribution is 0.572. The first kappa shape index (κ1) is 7.62. The first-order valence-corrected chi connectivity index (χ1v) is 4.69. The van der Waals surface area contributed by atoms with E-state index >= 15 is 0 Å². The van der Waals surface area contributed by atoms with E-state index in [0.717, 1.165) is 24.3 Å². The minimum absolute atomic E-state index is 0.833. The van der Waals surface area contributed by atoms with Crippen LogP contribution < -0.4 is 5.32 Å². The fraction of sp³-hybridized carbons (Fsp3) is 0.182. The number of benzene rings is 1. The minimum Gasteiger partial charge on any atom is -0.444 e. The van der Waals surface area contributed by atoms with Crippen LogP contribution in [0.15, 0.2) is 35.2 Å². The molecular formula is C11H10N2O. The monoisotopic (exact) mass is 186 g/mol. The zero-order valence-corrected chi connectivity index (χ0v) is 7.66. The molecule has 70 valence electrons. The number of aromatic nitrogens is 1. The van der Waals surface area contributed by atoms with E-state index in [0.29, 0.717) is 0 Å². The molecule has 14 heavy (non-hydrogen) atoms. The van der Waals surface area contributed by atoms with Gasteiger partial charge in [-0.2, -0.15) is 0 Å². The Morgan fingerprint density at radius 2 is 2.36 bits per heavy atom. The highest BCUT2D eigenvalue weighted by Gasteiger charge is 2.11. The predicted molar refractivity (Wildman–Crippen MR) is 54.1 cm³/mol. The van der Waals surface area contributed by atoms with Crippen LogP contribution in [0, 0.1) is 0 Å². The van der Waals surface area contributed by atoms with Crippen LogP contribution in [0.3, 0.4) is 0 Å². The molecule has 0 amide bonds. The second-order valence-corrected chi connectivity index (χ2v) is 3.41. The minimum atomic E-state index is 0.833. The number of hydrogen-bond acceptors (Lipinski definition) is 3. The summed E-state index contributed by atoms with van der Waals surface area (Å²) in [6, 6.07) is 6.31. The van der Waals surface area contributed by atoms with Crippen LogP contribution >= 0.6 is 0 Å². The molecule has 1 aromatic heterocycles. The molecule has 1 N–H and O–H groups in total. The first-order chi connectivity index (χ1) is 6.93. The molecule has 3 rings (SSSR count). The van der Waals surface area contributed by atoms with Crippen molar-refractivity contribution in [1.29, 1.82) is 0 Å². The van der Waals surface area contributed by atoms with Gasteiger partial charge in [0.25, 0.3) is 0 Å². The van der Waals surface area contributed by atoms with Crippen LogP contribution in [0.4, 0.5) is 5.69 Å². The van der Waals surface area contributed by atoms with Crippen molar-refractivity contribution < 1.29 is 4.42 Å². The fourth-order valence-electron chi connectivity index (χ4n) is 1.82. The van der Waals surface area contributed by atoms with Crippen molar-refractivity contribution in [2.45, 2.75) is 6.42 Å². The number of fused-ring (bicyclic) bond motifs is 1. The molecule has 0 spiro atoms. The number of rotatable bonds is 1. The topological polar surface area (TPSA) is 38.1 Å². The van der Waals surface area contributed by atoms with Crippen LogP contribution in [-0.2, 0) is 6.42 Å². The number of hydrogen-bond donors (Lipinski definition) is 1. The van der Waals surface area contributed by atoms with E-state index in [1.54, 1.807) is 6.20 Å². The molecule has 1 aliphatic rings. The molecule has 0 unspecified atom stereocenters. The molecule has 0 bridgehead atoms. The Morgan fingerprint density at radius 3 is 3.21 bits per heavy atom. The van der Waals surface area contributed by atoms with Crippen molar-refractivity contribution >= 4 is 5.69 Å². The zero-order chi connectivity index (χ0) is 9.38. The van der Waals surface area contributed by atoms with Crippen LogP contribution in [0.2, 0.25) is 0 Å². The lowest BCUT2D eigenvalue weighted by Crippen LogP contribution is -1.90. The molecule has 0 fully saturated rings. The van der Waals surface area contributed by atoms with E-state index < -0.39 is 0 Å². The standard InChI is InChI=1S/C11H10N2O/c1-2-10-8(3-4-13-10)5-9(1)11-6-12-7-14-11/h1-2,5-7,13H,3-4H2.